The zero-order valence-corrected chi connectivity index (χ0v) is 12.0. The lowest BCUT2D eigenvalue weighted by Gasteiger charge is -2.32. The molecule has 1 saturated heterocycles. The predicted molar refractivity (Wildman–Crippen MR) is 77.4 cm³/mol. The average molecular weight is 261 g/mol. The molecule has 0 saturated carbocycles. The van der Waals surface area contributed by atoms with Crippen molar-refractivity contribution in [3.63, 3.8) is 0 Å². The molecule has 1 aliphatic heterocycles. The van der Waals surface area contributed by atoms with Gasteiger partial charge in [-0.3, -0.25) is 4.90 Å². The number of hydrogen-bond acceptors (Lipinski definition) is 3. The van der Waals surface area contributed by atoms with Gasteiger partial charge in [-0.05, 0) is 57.4 Å². The van der Waals surface area contributed by atoms with Crippen LogP contribution in [0.3, 0.4) is 0 Å². The Morgan fingerprint density at radius 3 is 2.74 bits per heavy atom. The Kier molecular flexibility index (Phi) is 3.80. The van der Waals surface area contributed by atoms with E-state index in [1.165, 1.54) is 24.0 Å². The minimum absolute atomic E-state index is 0.163. The van der Waals surface area contributed by atoms with E-state index in [2.05, 4.69) is 36.9 Å². The van der Waals surface area contributed by atoms with Crippen LogP contribution in [0.1, 0.15) is 43.4 Å². The molecule has 104 valence electrons. The average Bonchev–Trinajstić information content (AvgIpc) is 2.70. The zero-order chi connectivity index (χ0) is 14.0. The fourth-order valence-corrected chi connectivity index (χ4v) is 2.75. The Bertz CT molecular complexity index is 494. The van der Waals surface area contributed by atoms with Crippen LogP contribution in [0.5, 0.6) is 0 Å². The summed E-state index contributed by atoms with van der Waals surface area (Å²) in [6, 6.07) is 5.98. The molecular formula is C15H23N3O. The van der Waals surface area contributed by atoms with Gasteiger partial charge in [-0.25, -0.2) is 0 Å². The number of oxime groups is 1. The monoisotopic (exact) mass is 261 g/mol. The molecule has 0 spiro atoms. The first-order chi connectivity index (χ1) is 8.94. The number of amidine groups is 1. The number of hydrogen-bond donors (Lipinski definition) is 2. The third kappa shape index (κ3) is 2.89. The summed E-state index contributed by atoms with van der Waals surface area (Å²) in [5.74, 6) is 0.163. The smallest absolute Gasteiger partial charge is 0.170 e. The van der Waals surface area contributed by atoms with Crippen LogP contribution in [0.25, 0.3) is 0 Å². The van der Waals surface area contributed by atoms with Crippen molar-refractivity contribution in [2.24, 2.45) is 10.9 Å². The van der Waals surface area contributed by atoms with E-state index in [0.29, 0.717) is 0 Å². The first-order valence-corrected chi connectivity index (χ1v) is 6.76. The van der Waals surface area contributed by atoms with Crippen molar-refractivity contribution in [1.29, 1.82) is 0 Å². The van der Waals surface area contributed by atoms with Crippen molar-refractivity contribution in [3.8, 4) is 0 Å². The SMILES string of the molecule is Cc1cc(/C(N)=N/O)ccc1CN1CCCC1(C)C. The van der Waals surface area contributed by atoms with Crippen molar-refractivity contribution < 1.29 is 5.21 Å². The van der Waals surface area contributed by atoms with Crippen molar-refractivity contribution in [1.82, 2.24) is 4.90 Å². The second-order valence-electron chi connectivity index (χ2n) is 5.96. The van der Waals surface area contributed by atoms with Gasteiger partial charge in [0.25, 0.3) is 0 Å². The quantitative estimate of drug-likeness (QED) is 0.380. The van der Waals surface area contributed by atoms with E-state index in [-0.39, 0.29) is 11.4 Å². The Balaban J connectivity index is 2.18. The maximum atomic E-state index is 8.70. The standard InChI is InChI=1S/C15H23N3O/c1-11-9-12(14(16)17-19)5-6-13(11)10-18-8-4-7-15(18,2)3/h5-6,9,19H,4,7-8,10H2,1-3H3,(H2,16,17). The van der Waals surface area contributed by atoms with Crippen LogP contribution < -0.4 is 5.73 Å². The number of aryl methyl sites for hydroxylation is 1. The van der Waals surface area contributed by atoms with E-state index in [0.717, 1.165) is 18.7 Å². The van der Waals surface area contributed by atoms with E-state index in [1.807, 2.05) is 12.1 Å². The lowest BCUT2D eigenvalue weighted by molar-refractivity contribution is 0.166. The van der Waals surface area contributed by atoms with Gasteiger partial charge in [0.15, 0.2) is 5.84 Å². The highest BCUT2D eigenvalue weighted by Crippen LogP contribution is 2.30. The fraction of sp³-hybridized carbons (Fsp3) is 0.533. The summed E-state index contributed by atoms with van der Waals surface area (Å²) in [5, 5.41) is 11.7. The highest BCUT2D eigenvalue weighted by atomic mass is 16.4. The third-order valence-corrected chi connectivity index (χ3v) is 4.18. The van der Waals surface area contributed by atoms with Gasteiger partial charge in [0, 0.05) is 17.6 Å². The molecular weight excluding hydrogens is 238 g/mol. The second kappa shape index (κ2) is 5.21. The summed E-state index contributed by atoms with van der Waals surface area (Å²) in [5.41, 5.74) is 9.16. The summed E-state index contributed by atoms with van der Waals surface area (Å²) in [6.45, 7) is 8.82. The Morgan fingerprint density at radius 1 is 1.47 bits per heavy atom. The van der Waals surface area contributed by atoms with Crippen molar-refractivity contribution in [2.75, 3.05) is 6.54 Å². The van der Waals surface area contributed by atoms with E-state index in [4.69, 9.17) is 10.9 Å². The summed E-state index contributed by atoms with van der Waals surface area (Å²) < 4.78 is 0. The lowest BCUT2D eigenvalue weighted by Crippen LogP contribution is -2.37. The van der Waals surface area contributed by atoms with E-state index in [9.17, 15) is 0 Å². The molecule has 1 aliphatic rings. The molecule has 0 bridgehead atoms. The van der Waals surface area contributed by atoms with Crippen molar-refractivity contribution >= 4 is 5.84 Å². The maximum absolute atomic E-state index is 8.70. The largest absolute Gasteiger partial charge is 0.409 e. The molecule has 1 aromatic carbocycles. The second-order valence-corrected chi connectivity index (χ2v) is 5.96. The van der Waals surface area contributed by atoms with Gasteiger partial charge in [0.2, 0.25) is 0 Å². The fourth-order valence-electron chi connectivity index (χ4n) is 2.75. The highest BCUT2D eigenvalue weighted by Gasteiger charge is 2.31. The van der Waals surface area contributed by atoms with E-state index in [1.54, 1.807) is 0 Å². The minimum atomic E-state index is 0.163. The molecule has 3 N–H and O–H groups in total. The first kappa shape index (κ1) is 13.9. The molecule has 4 heteroatoms. The Morgan fingerprint density at radius 2 is 2.21 bits per heavy atom. The molecule has 4 nitrogen and oxygen atoms in total. The Hall–Kier alpha value is -1.55. The van der Waals surface area contributed by atoms with Gasteiger partial charge in [0.1, 0.15) is 0 Å². The van der Waals surface area contributed by atoms with Crippen LogP contribution in [-0.4, -0.2) is 28.0 Å². The van der Waals surface area contributed by atoms with Crippen molar-refractivity contribution in [2.45, 2.75) is 45.7 Å². The van der Waals surface area contributed by atoms with Crippen LogP contribution in [0.2, 0.25) is 0 Å². The molecule has 2 rings (SSSR count). The van der Waals surface area contributed by atoms with Gasteiger partial charge in [-0.1, -0.05) is 17.3 Å². The highest BCUT2D eigenvalue weighted by molar-refractivity contribution is 5.97. The molecule has 0 aromatic heterocycles. The number of nitrogens with two attached hydrogens (primary N) is 1. The number of rotatable bonds is 3. The lowest BCUT2D eigenvalue weighted by atomic mass is 10.00. The summed E-state index contributed by atoms with van der Waals surface area (Å²) >= 11 is 0. The molecule has 0 atom stereocenters. The van der Waals surface area contributed by atoms with Crippen LogP contribution in [0, 0.1) is 6.92 Å². The number of nitrogens with zero attached hydrogens (tertiary/aromatic N) is 2. The van der Waals surface area contributed by atoms with Gasteiger partial charge >= 0.3 is 0 Å². The van der Waals surface area contributed by atoms with Gasteiger partial charge in [-0.2, -0.15) is 0 Å². The number of benzene rings is 1. The predicted octanol–water partition coefficient (Wildman–Crippen LogP) is 2.46. The number of likely N-dealkylation sites (tertiary alicyclic amines) is 1. The summed E-state index contributed by atoms with van der Waals surface area (Å²) in [6.07, 6.45) is 2.53. The summed E-state index contributed by atoms with van der Waals surface area (Å²) in [4.78, 5) is 2.53. The van der Waals surface area contributed by atoms with Crippen LogP contribution in [0.15, 0.2) is 23.4 Å². The summed E-state index contributed by atoms with van der Waals surface area (Å²) in [7, 11) is 0. The minimum Gasteiger partial charge on any atom is -0.409 e. The van der Waals surface area contributed by atoms with Crippen LogP contribution in [0.4, 0.5) is 0 Å². The van der Waals surface area contributed by atoms with Crippen LogP contribution >= 0.6 is 0 Å². The van der Waals surface area contributed by atoms with E-state index >= 15 is 0 Å². The molecule has 19 heavy (non-hydrogen) atoms. The first-order valence-electron chi connectivity index (χ1n) is 6.76. The third-order valence-electron chi connectivity index (χ3n) is 4.18. The van der Waals surface area contributed by atoms with Crippen LogP contribution in [-0.2, 0) is 6.54 Å². The molecule has 1 heterocycles. The van der Waals surface area contributed by atoms with Gasteiger partial charge in [-0.15, -0.1) is 0 Å². The topological polar surface area (TPSA) is 61.9 Å². The molecule has 0 radical (unpaired) electrons. The van der Waals surface area contributed by atoms with Crippen molar-refractivity contribution in [3.05, 3.63) is 34.9 Å². The Labute approximate surface area is 114 Å². The molecule has 1 fully saturated rings. The zero-order valence-electron chi connectivity index (χ0n) is 12.0. The molecule has 0 aliphatic carbocycles. The van der Waals surface area contributed by atoms with Gasteiger partial charge in [0.05, 0.1) is 0 Å². The van der Waals surface area contributed by atoms with E-state index < -0.39 is 0 Å². The normalized spacial score (nSPS) is 19.8. The molecule has 0 amide bonds. The molecule has 1 aromatic rings. The maximum Gasteiger partial charge on any atom is 0.170 e. The molecule has 0 unspecified atom stereocenters. The van der Waals surface area contributed by atoms with Gasteiger partial charge < -0.3 is 10.9 Å².